The minimum atomic E-state index is -0.122. The fourth-order valence-corrected chi connectivity index (χ4v) is 5.36. The van der Waals surface area contributed by atoms with Crippen molar-refractivity contribution in [3.63, 3.8) is 0 Å². The molecule has 0 radical (unpaired) electrons. The topological polar surface area (TPSA) is 32.8 Å². The van der Waals surface area contributed by atoms with Crippen LogP contribution >= 0.6 is 11.8 Å². The number of nitrogens with zero attached hydrogens (tertiary/aromatic N) is 2. The molecule has 0 unspecified atom stereocenters. The van der Waals surface area contributed by atoms with Crippen LogP contribution in [0, 0.1) is 0 Å². The van der Waals surface area contributed by atoms with E-state index in [2.05, 4.69) is 16.7 Å². The second-order valence-corrected chi connectivity index (χ2v) is 7.89. The van der Waals surface area contributed by atoms with Gasteiger partial charge in [-0.1, -0.05) is 19.3 Å². The predicted octanol–water partition coefficient (Wildman–Crippen LogP) is 2.58. The zero-order valence-corrected chi connectivity index (χ0v) is 13.1. The normalized spacial score (nSPS) is 27.0. The van der Waals surface area contributed by atoms with Gasteiger partial charge in [-0.3, -0.25) is 0 Å². The molecule has 5 heteroatoms. The average Bonchev–Trinajstić information content (AvgIpc) is 2.86. The Labute approximate surface area is 126 Å². The molecule has 1 spiro atoms. The molecule has 2 saturated heterocycles. The first kappa shape index (κ1) is 14.5. The van der Waals surface area contributed by atoms with Crippen molar-refractivity contribution in [2.45, 2.75) is 43.3 Å². The van der Waals surface area contributed by atoms with E-state index in [1.54, 1.807) is 0 Å². The molecule has 3 rings (SSSR count). The molecule has 0 aromatic rings. The van der Waals surface area contributed by atoms with Gasteiger partial charge in [0.05, 0.1) is 6.54 Å². The first-order valence-corrected chi connectivity index (χ1v) is 9.04. The molecule has 114 valence electrons. The molecule has 4 nitrogen and oxygen atoms in total. The van der Waals surface area contributed by atoms with Crippen LogP contribution in [-0.2, 0) is 4.74 Å². The van der Waals surface area contributed by atoms with Crippen LogP contribution in [0.25, 0.3) is 0 Å². The summed E-state index contributed by atoms with van der Waals surface area (Å²) in [6.45, 7) is 5.82. The molecule has 20 heavy (non-hydrogen) atoms. The number of ether oxygens (including phenoxy) is 1. The van der Waals surface area contributed by atoms with Gasteiger partial charge in [0.1, 0.15) is 6.61 Å². The molecule has 0 aromatic carbocycles. The second kappa shape index (κ2) is 6.56. The smallest absolute Gasteiger partial charge is 0.409 e. The van der Waals surface area contributed by atoms with Gasteiger partial charge in [-0.25, -0.2) is 4.79 Å². The Morgan fingerprint density at radius 3 is 2.75 bits per heavy atom. The van der Waals surface area contributed by atoms with Crippen LogP contribution in [0.5, 0.6) is 0 Å². The third kappa shape index (κ3) is 3.42. The second-order valence-electron chi connectivity index (χ2n) is 6.32. The van der Waals surface area contributed by atoms with Gasteiger partial charge in [0.2, 0.25) is 0 Å². The van der Waals surface area contributed by atoms with Crippen molar-refractivity contribution in [3.05, 3.63) is 0 Å². The molecular formula is C15H26N2O2S. The van der Waals surface area contributed by atoms with E-state index in [0.717, 1.165) is 26.1 Å². The number of thioether (sulfide) groups is 1. The highest BCUT2D eigenvalue weighted by Crippen LogP contribution is 2.42. The van der Waals surface area contributed by atoms with E-state index in [1.807, 2.05) is 4.90 Å². The van der Waals surface area contributed by atoms with E-state index >= 15 is 0 Å². The van der Waals surface area contributed by atoms with Gasteiger partial charge in [-0.2, -0.15) is 11.8 Å². The predicted molar refractivity (Wildman–Crippen MR) is 82.3 cm³/mol. The molecular weight excluding hydrogens is 272 g/mol. The molecule has 0 N–H and O–H groups in total. The zero-order chi connectivity index (χ0) is 13.8. The van der Waals surface area contributed by atoms with Crippen molar-refractivity contribution in [2.75, 3.05) is 45.1 Å². The van der Waals surface area contributed by atoms with E-state index in [1.165, 1.54) is 50.9 Å². The molecule has 1 saturated carbocycles. The molecule has 0 aromatic heterocycles. The lowest BCUT2D eigenvalue weighted by atomic mass is 9.87. The Balaban J connectivity index is 1.42. The van der Waals surface area contributed by atoms with E-state index in [-0.39, 0.29) is 6.09 Å². The summed E-state index contributed by atoms with van der Waals surface area (Å²) in [5.41, 5.74) is 0. The number of cyclic esters (lactones) is 1. The van der Waals surface area contributed by atoms with Gasteiger partial charge in [0, 0.05) is 30.1 Å². The molecule has 3 fully saturated rings. The van der Waals surface area contributed by atoms with Gasteiger partial charge >= 0.3 is 6.09 Å². The van der Waals surface area contributed by atoms with E-state index < -0.39 is 0 Å². The van der Waals surface area contributed by atoms with Crippen LogP contribution in [0.4, 0.5) is 4.79 Å². The highest BCUT2D eigenvalue weighted by atomic mass is 32.2. The molecule has 1 aliphatic carbocycles. The molecule has 1 amide bonds. The van der Waals surface area contributed by atoms with Gasteiger partial charge in [-0.05, 0) is 25.8 Å². The minimum Gasteiger partial charge on any atom is -0.448 e. The van der Waals surface area contributed by atoms with Gasteiger partial charge < -0.3 is 14.5 Å². The third-order valence-electron chi connectivity index (χ3n) is 4.84. The largest absolute Gasteiger partial charge is 0.448 e. The van der Waals surface area contributed by atoms with Crippen LogP contribution in [0.1, 0.15) is 38.5 Å². The van der Waals surface area contributed by atoms with Crippen molar-refractivity contribution in [1.82, 2.24) is 9.80 Å². The van der Waals surface area contributed by atoms with Crippen LogP contribution in [0.15, 0.2) is 0 Å². The Morgan fingerprint density at radius 2 is 2.00 bits per heavy atom. The summed E-state index contributed by atoms with van der Waals surface area (Å²) in [5, 5.41) is 0. The van der Waals surface area contributed by atoms with Gasteiger partial charge in [0.25, 0.3) is 0 Å². The third-order valence-corrected chi connectivity index (χ3v) is 6.38. The van der Waals surface area contributed by atoms with Crippen molar-refractivity contribution < 1.29 is 9.53 Å². The Bertz CT molecular complexity index is 339. The van der Waals surface area contributed by atoms with Crippen molar-refractivity contribution in [3.8, 4) is 0 Å². The van der Waals surface area contributed by atoms with Crippen molar-refractivity contribution >= 4 is 17.9 Å². The summed E-state index contributed by atoms with van der Waals surface area (Å²) in [6, 6.07) is 0. The maximum Gasteiger partial charge on any atom is 0.409 e. The van der Waals surface area contributed by atoms with Crippen LogP contribution < -0.4 is 0 Å². The monoisotopic (exact) mass is 298 g/mol. The number of carbonyl (C=O) groups excluding carboxylic acids is 1. The number of amides is 1. The number of carbonyl (C=O) groups is 1. The Hall–Kier alpha value is -0.420. The summed E-state index contributed by atoms with van der Waals surface area (Å²) < 4.78 is 5.53. The highest BCUT2D eigenvalue weighted by Gasteiger charge is 2.36. The van der Waals surface area contributed by atoms with Crippen LogP contribution in [0.2, 0.25) is 0 Å². The average molecular weight is 298 g/mol. The van der Waals surface area contributed by atoms with E-state index in [4.69, 9.17) is 4.74 Å². The van der Waals surface area contributed by atoms with Crippen LogP contribution in [-0.4, -0.2) is 65.7 Å². The highest BCUT2D eigenvalue weighted by molar-refractivity contribution is 8.00. The van der Waals surface area contributed by atoms with Gasteiger partial charge in [-0.15, -0.1) is 0 Å². The summed E-state index contributed by atoms with van der Waals surface area (Å²) >= 11 is 2.22. The fourth-order valence-electron chi connectivity index (χ4n) is 3.73. The SMILES string of the molecule is O=C1OCCN1CCCN1CCSC2(CCCCC2)C1. The maximum absolute atomic E-state index is 11.4. The summed E-state index contributed by atoms with van der Waals surface area (Å²) in [7, 11) is 0. The lowest BCUT2D eigenvalue weighted by Crippen LogP contribution is -2.48. The van der Waals surface area contributed by atoms with Crippen molar-refractivity contribution in [2.24, 2.45) is 0 Å². The van der Waals surface area contributed by atoms with E-state index in [9.17, 15) is 4.79 Å². The zero-order valence-electron chi connectivity index (χ0n) is 12.3. The molecule has 0 atom stereocenters. The first-order chi connectivity index (χ1) is 9.77. The van der Waals surface area contributed by atoms with E-state index in [0.29, 0.717) is 11.4 Å². The molecule has 3 aliphatic rings. The Kier molecular flexibility index (Phi) is 4.76. The number of rotatable bonds is 4. The summed E-state index contributed by atoms with van der Waals surface area (Å²) in [4.78, 5) is 15.9. The minimum absolute atomic E-state index is 0.122. The summed E-state index contributed by atoms with van der Waals surface area (Å²) in [6.07, 6.45) is 8.04. The quantitative estimate of drug-likeness (QED) is 0.798. The lowest BCUT2D eigenvalue weighted by Gasteiger charge is -2.44. The molecule has 2 aliphatic heterocycles. The van der Waals surface area contributed by atoms with Crippen LogP contribution in [0.3, 0.4) is 0 Å². The lowest BCUT2D eigenvalue weighted by molar-refractivity contribution is 0.155. The maximum atomic E-state index is 11.4. The molecule has 2 heterocycles. The molecule has 0 bridgehead atoms. The number of hydrogen-bond donors (Lipinski definition) is 0. The number of hydrogen-bond acceptors (Lipinski definition) is 4. The Morgan fingerprint density at radius 1 is 1.15 bits per heavy atom. The standard InChI is InChI=1S/C15H26N2O2S/c18-14-17(9-11-19-14)8-4-7-16-10-12-20-15(13-16)5-2-1-3-6-15/h1-13H2. The summed E-state index contributed by atoms with van der Waals surface area (Å²) in [5.74, 6) is 1.28. The van der Waals surface area contributed by atoms with Gasteiger partial charge in [0.15, 0.2) is 0 Å². The fraction of sp³-hybridized carbons (Fsp3) is 0.933. The first-order valence-electron chi connectivity index (χ1n) is 8.06. The van der Waals surface area contributed by atoms with Crippen molar-refractivity contribution in [1.29, 1.82) is 0 Å².